The molecule has 5 N–H and O–H groups in total. The summed E-state index contributed by atoms with van der Waals surface area (Å²) < 4.78 is 29.1. The Balaban J connectivity index is 1.77. The smallest absolute Gasteiger partial charge is 0.197 e. The van der Waals surface area contributed by atoms with E-state index in [-0.39, 0.29) is 68.1 Å². The fourth-order valence-corrected chi connectivity index (χ4v) is 5.96. The van der Waals surface area contributed by atoms with E-state index < -0.39 is 11.6 Å². The van der Waals surface area contributed by atoms with E-state index in [2.05, 4.69) is 26.8 Å². The van der Waals surface area contributed by atoms with Crippen LogP contribution in [0.2, 0.25) is 0 Å². The Bertz CT molecular complexity index is 1130. The molecule has 0 spiro atoms. The third-order valence-electron chi connectivity index (χ3n) is 6.51. The fourth-order valence-electron chi connectivity index (χ4n) is 5.06. The molecule has 0 amide bonds. The summed E-state index contributed by atoms with van der Waals surface area (Å²) in [6.07, 6.45) is 4.94. The second-order valence-corrected chi connectivity index (χ2v) is 11.9. The van der Waals surface area contributed by atoms with Crippen molar-refractivity contribution >= 4 is 29.1 Å². The number of nitrogen functional groups attached to an aromatic ring is 1. The van der Waals surface area contributed by atoms with Crippen LogP contribution in [0.3, 0.4) is 0 Å². The molecule has 3 aliphatic rings. The van der Waals surface area contributed by atoms with Gasteiger partial charge in [0.05, 0.1) is 12.0 Å². The maximum Gasteiger partial charge on any atom is 0.197 e. The highest BCUT2D eigenvalue weighted by Gasteiger charge is 2.45. The summed E-state index contributed by atoms with van der Waals surface area (Å²) in [6.45, 7) is 9.56. The van der Waals surface area contributed by atoms with Crippen molar-refractivity contribution in [3.63, 3.8) is 0 Å². The van der Waals surface area contributed by atoms with Gasteiger partial charge in [-0.05, 0) is 43.6 Å². The molecule has 2 atom stereocenters. The zero-order chi connectivity index (χ0) is 24.8. The molecule has 10 heteroatoms. The molecule has 3 saturated carbocycles. The average molecular weight is 489 g/mol. The largest absolute Gasteiger partial charge is 0.513 e. The molecule has 2 aromatic heterocycles. The molecule has 2 aromatic rings. The van der Waals surface area contributed by atoms with Crippen LogP contribution >= 0.6 is 11.8 Å². The number of aliphatic hydroxyl groups excluding tert-OH is 1. The number of nitrogens with two attached hydrogens (primary N) is 1. The Labute approximate surface area is 202 Å². The van der Waals surface area contributed by atoms with Crippen LogP contribution in [0.1, 0.15) is 57.8 Å². The summed E-state index contributed by atoms with van der Waals surface area (Å²) in [7, 11) is 0. The van der Waals surface area contributed by atoms with Crippen molar-refractivity contribution in [2.75, 3.05) is 11.1 Å². The zero-order valence-corrected chi connectivity index (χ0v) is 20.3. The van der Waals surface area contributed by atoms with Crippen molar-refractivity contribution in [2.45, 2.75) is 62.3 Å². The molecule has 3 fully saturated rings. The molecule has 5 rings (SSSR count). The SMILES string of the molecule is C=C(O)[C@H]1C2CCC(CC2)[C@@H]1Nc1nc(C(=N)c2cc(F)cnc2N)nc(SC(C)(C)C)c1F. The van der Waals surface area contributed by atoms with Gasteiger partial charge in [0.25, 0.3) is 0 Å². The molecule has 3 aliphatic carbocycles. The summed E-state index contributed by atoms with van der Waals surface area (Å²) in [5.41, 5.74) is 5.65. The van der Waals surface area contributed by atoms with Crippen molar-refractivity contribution < 1.29 is 13.9 Å². The fraction of sp³-hybridized carbons (Fsp3) is 0.500. The molecule has 0 saturated heterocycles. The van der Waals surface area contributed by atoms with E-state index in [0.29, 0.717) is 0 Å². The molecule has 0 aliphatic heterocycles. The molecular formula is C24H30F2N6OS. The lowest BCUT2D eigenvalue weighted by molar-refractivity contribution is 0.0759. The monoisotopic (exact) mass is 488 g/mol. The van der Waals surface area contributed by atoms with Crippen LogP contribution in [0.25, 0.3) is 0 Å². The van der Waals surface area contributed by atoms with E-state index in [1.54, 1.807) is 0 Å². The van der Waals surface area contributed by atoms with Gasteiger partial charge in [-0.3, -0.25) is 5.41 Å². The van der Waals surface area contributed by atoms with E-state index in [0.717, 1.165) is 37.9 Å². The zero-order valence-electron chi connectivity index (χ0n) is 19.5. The quantitative estimate of drug-likeness (QED) is 0.188. The van der Waals surface area contributed by atoms with E-state index in [4.69, 9.17) is 11.1 Å². The topological polar surface area (TPSA) is 121 Å². The van der Waals surface area contributed by atoms with Gasteiger partial charge in [0.15, 0.2) is 17.5 Å². The maximum atomic E-state index is 15.7. The molecule has 2 heterocycles. The van der Waals surface area contributed by atoms with Crippen molar-refractivity contribution in [3.05, 3.63) is 47.6 Å². The number of hydrogen-bond donors (Lipinski definition) is 4. The number of aromatic nitrogens is 3. The van der Waals surface area contributed by atoms with Crippen LogP contribution in [-0.2, 0) is 0 Å². The maximum absolute atomic E-state index is 15.7. The number of nitrogens with zero attached hydrogens (tertiary/aromatic N) is 3. The first-order valence-corrected chi connectivity index (χ1v) is 12.2. The van der Waals surface area contributed by atoms with Gasteiger partial charge in [0.2, 0.25) is 0 Å². The lowest BCUT2D eigenvalue weighted by Crippen LogP contribution is -2.49. The number of nitrogens with one attached hydrogen (secondary N) is 2. The second-order valence-electron chi connectivity index (χ2n) is 10.1. The van der Waals surface area contributed by atoms with Gasteiger partial charge < -0.3 is 16.2 Å². The van der Waals surface area contributed by atoms with Crippen molar-refractivity contribution in [3.8, 4) is 0 Å². The third kappa shape index (κ3) is 4.87. The number of rotatable bonds is 6. The van der Waals surface area contributed by atoms with Gasteiger partial charge in [-0.15, -0.1) is 0 Å². The Morgan fingerprint density at radius 2 is 1.85 bits per heavy atom. The van der Waals surface area contributed by atoms with Crippen LogP contribution in [-0.4, -0.2) is 36.6 Å². The molecule has 0 unspecified atom stereocenters. The number of anilines is 2. The first kappa shape index (κ1) is 24.4. The van der Waals surface area contributed by atoms with Crippen LogP contribution < -0.4 is 11.1 Å². The Kier molecular flexibility index (Phi) is 6.54. The number of aliphatic hydroxyl groups is 1. The van der Waals surface area contributed by atoms with Crippen LogP contribution in [0.4, 0.5) is 20.4 Å². The standard InChI is InChI=1S/C24H30F2N6OS/c1-11(33)16-12-5-7-13(8-6-12)19(16)30-21-17(26)23(34-24(2,3)4)32-22(31-21)18(27)15-9-14(25)10-29-20(15)28/h9-10,12-13,16,19,27,33H,1,5-8H2,2-4H3,(H2,28,29)(H,30,31,32)/t12?,13?,16-,19-/m0/s1. The second kappa shape index (κ2) is 9.13. The van der Waals surface area contributed by atoms with Crippen molar-refractivity contribution in [1.29, 1.82) is 5.41 Å². The lowest BCUT2D eigenvalue weighted by atomic mass is 9.61. The molecule has 182 valence electrons. The van der Waals surface area contributed by atoms with Gasteiger partial charge in [0, 0.05) is 22.3 Å². The Hall–Kier alpha value is -2.75. The lowest BCUT2D eigenvalue weighted by Gasteiger charge is -2.48. The van der Waals surface area contributed by atoms with Crippen molar-refractivity contribution in [1.82, 2.24) is 15.0 Å². The molecule has 7 nitrogen and oxygen atoms in total. The van der Waals surface area contributed by atoms with E-state index in [9.17, 15) is 9.50 Å². The van der Waals surface area contributed by atoms with E-state index in [1.165, 1.54) is 11.8 Å². The molecule has 0 radical (unpaired) electrons. The summed E-state index contributed by atoms with van der Waals surface area (Å²) in [4.78, 5) is 12.4. The number of halogens is 2. The van der Waals surface area contributed by atoms with Crippen LogP contribution in [0.15, 0.2) is 29.6 Å². The molecular weight excluding hydrogens is 458 g/mol. The summed E-state index contributed by atoms with van der Waals surface area (Å²) >= 11 is 1.21. The summed E-state index contributed by atoms with van der Waals surface area (Å²) in [5, 5.41) is 22.2. The van der Waals surface area contributed by atoms with Gasteiger partial charge in [-0.25, -0.2) is 19.3 Å². The minimum Gasteiger partial charge on any atom is -0.513 e. The van der Waals surface area contributed by atoms with Crippen molar-refractivity contribution in [2.24, 2.45) is 17.8 Å². The summed E-state index contributed by atoms with van der Waals surface area (Å²) in [5.74, 6) is -1.03. The molecule has 2 bridgehead atoms. The number of hydrogen-bond acceptors (Lipinski definition) is 8. The average Bonchev–Trinajstić information content (AvgIpc) is 2.77. The highest BCUT2D eigenvalue weighted by atomic mass is 32.2. The minimum absolute atomic E-state index is 0.0302. The van der Waals surface area contributed by atoms with Crippen LogP contribution in [0, 0.1) is 34.8 Å². The predicted octanol–water partition coefficient (Wildman–Crippen LogP) is 5.33. The number of thioether (sulfide) groups is 1. The molecule has 34 heavy (non-hydrogen) atoms. The van der Waals surface area contributed by atoms with Gasteiger partial charge in [-0.1, -0.05) is 39.1 Å². The van der Waals surface area contributed by atoms with Gasteiger partial charge in [-0.2, -0.15) is 4.39 Å². The van der Waals surface area contributed by atoms with Gasteiger partial charge >= 0.3 is 0 Å². The highest BCUT2D eigenvalue weighted by molar-refractivity contribution is 8.00. The minimum atomic E-state index is -0.652. The van der Waals surface area contributed by atoms with E-state index >= 15 is 4.39 Å². The highest BCUT2D eigenvalue weighted by Crippen LogP contribution is 2.48. The normalized spacial score (nSPS) is 24.1. The van der Waals surface area contributed by atoms with Crippen LogP contribution in [0.5, 0.6) is 0 Å². The number of pyridine rings is 1. The Morgan fingerprint density at radius 1 is 1.21 bits per heavy atom. The Morgan fingerprint density at radius 3 is 2.47 bits per heavy atom. The molecule has 0 aromatic carbocycles. The third-order valence-corrected chi connectivity index (χ3v) is 7.59. The van der Waals surface area contributed by atoms with E-state index in [1.807, 2.05) is 20.8 Å². The first-order valence-electron chi connectivity index (χ1n) is 11.4. The number of fused-ring (bicyclic) bond motifs is 3. The first-order chi connectivity index (χ1) is 15.9. The van der Waals surface area contributed by atoms with Gasteiger partial charge in [0.1, 0.15) is 22.4 Å². The predicted molar refractivity (Wildman–Crippen MR) is 130 cm³/mol. The summed E-state index contributed by atoms with van der Waals surface area (Å²) in [6, 6.07) is 0.859.